The molecule has 3 heterocycles. The molecule has 5 rings (SSSR count). The molecule has 1 N–H and O–H groups in total. The number of nitrogens with zero attached hydrogens (tertiary/aromatic N) is 3. The van der Waals surface area contributed by atoms with Crippen molar-refractivity contribution in [2.75, 3.05) is 18.4 Å². The summed E-state index contributed by atoms with van der Waals surface area (Å²) in [7, 11) is 0. The van der Waals surface area contributed by atoms with E-state index in [1.165, 1.54) is 27.8 Å². The fourth-order valence-corrected chi connectivity index (χ4v) is 4.51. The molecule has 1 atom stereocenters. The number of aryl methyl sites for hydroxylation is 2. The van der Waals surface area contributed by atoms with Crippen LogP contribution in [-0.4, -0.2) is 28.8 Å². The van der Waals surface area contributed by atoms with Crippen molar-refractivity contribution >= 4 is 11.5 Å². The van der Waals surface area contributed by atoms with Gasteiger partial charge in [0, 0.05) is 41.3 Å². The summed E-state index contributed by atoms with van der Waals surface area (Å²) in [4.78, 5) is 11.6. The molecule has 0 saturated carbocycles. The summed E-state index contributed by atoms with van der Waals surface area (Å²) in [5.74, 6) is 1.09. The molecule has 0 aliphatic carbocycles. The van der Waals surface area contributed by atoms with E-state index in [-0.39, 0.29) is 0 Å². The number of hydrogen-bond donors (Lipinski definition) is 1. The quantitative estimate of drug-likeness (QED) is 0.754. The molecule has 0 saturated heterocycles. The minimum atomic E-state index is -0.493. The van der Waals surface area contributed by atoms with Crippen LogP contribution in [0.2, 0.25) is 0 Å². The highest BCUT2D eigenvalue weighted by Gasteiger charge is 2.48. The molecule has 2 aromatic carbocycles. The number of fused-ring (bicyclic) bond motifs is 3. The van der Waals surface area contributed by atoms with E-state index in [9.17, 15) is 0 Å². The molecule has 4 nitrogen and oxygen atoms in total. The number of anilines is 1. The topological polar surface area (TPSA) is 40.5 Å². The minimum absolute atomic E-state index is 0.493. The van der Waals surface area contributed by atoms with Crippen molar-refractivity contribution in [2.24, 2.45) is 4.99 Å². The molecule has 4 heteroatoms. The van der Waals surface area contributed by atoms with Gasteiger partial charge in [0.05, 0.1) is 6.54 Å². The fraction of sp³-hybridized carbons (Fsp3) is 0.217. The molecule has 0 fully saturated rings. The standard InChI is InChI=1S/C23H22N4/c1-16-14-17(2)21-20(15-16)26-23(18-6-4-3-5-7-18,19-8-10-24-11-9-19)27-13-12-25-22(21)27/h3-11,14-15,26H,12-13H2,1-2H3. The predicted octanol–water partition coefficient (Wildman–Crippen LogP) is 4.09. The average molecular weight is 354 g/mol. The van der Waals surface area contributed by atoms with Crippen LogP contribution in [0.5, 0.6) is 0 Å². The maximum Gasteiger partial charge on any atom is 0.165 e. The monoisotopic (exact) mass is 354 g/mol. The summed E-state index contributed by atoms with van der Waals surface area (Å²) < 4.78 is 0. The predicted molar refractivity (Wildman–Crippen MR) is 109 cm³/mol. The van der Waals surface area contributed by atoms with Crippen molar-refractivity contribution in [1.29, 1.82) is 0 Å². The Morgan fingerprint density at radius 2 is 1.70 bits per heavy atom. The van der Waals surface area contributed by atoms with Crippen molar-refractivity contribution in [3.63, 3.8) is 0 Å². The lowest BCUT2D eigenvalue weighted by Crippen LogP contribution is -2.57. The molecular formula is C23H22N4. The van der Waals surface area contributed by atoms with Crippen LogP contribution in [0.3, 0.4) is 0 Å². The molecule has 1 aromatic heterocycles. The van der Waals surface area contributed by atoms with Crippen LogP contribution in [0.1, 0.15) is 27.8 Å². The van der Waals surface area contributed by atoms with Crippen LogP contribution >= 0.6 is 0 Å². The molecule has 0 spiro atoms. The molecule has 0 bridgehead atoms. The molecule has 0 radical (unpaired) electrons. The molecule has 134 valence electrons. The van der Waals surface area contributed by atoms with Gasteiger partial charge >= 0.3 is 0 Å². The Kier molecular flexibility index (Phi) is 3.54. The van der Waals surface area contributed by atoms with Crippen molar-refractivity contribution in [3.05, 3.63) is 94.8 Å². The van der Waals surface area contributed by atoms with E-state index < -0.39 is 5.66 Å². The number of rotatable bonds is 2. The van der Waals surface area contributed by atoms with E-state index in [0.29, 0.717) is 0 Å². The van der Waals surface area contributed by atoms with Crippen LogP contribution in [0.15, 0.2) is 72.0 Å². The lowest BCUT2D eigenvalue weighted by molar-refractivity contribution is 0.268. The van der Waals surface area contributed by atoms with Crippen LogP contribution in [0.4, 0.5) is 5.69 Å². The number of pyridine rings is 1. The van der Waals surface area contributed by atoms with Crippen LogP contribution < -0.4 is 5.32 Å². The van der Waals surface area contributed by atoms with E-state index in [0.717, 1.165) is 24.6 Å². The highest BCUT2D eigenvalue weighted by Crippen LogP contribution is 2.45. The van der Waals surface area contributed by atoms with E-state index in [2.05, 4.69) is 83.6 Å². The van der Waals surface area contributed by atoms with Gasteiger partial charge in [-0.2, -0.15) is 0 Å². The summed E-state index contributed by atoms with van der Waals surface area (Å²) in [6, 6.07) is 19.3. The first-order chi connectivity index (χ1) is 13.2. The maximum absolute atomic E-state index is 4.92. The Bertz CT molecular complexity index is 986. The summed E-state index contributed by atoms with van der Waals surface area (Å²) >= 11 is 0. The summed E-state index contributed by atoms with van der Waals surface area (Å²) in [6.07, 6.45) is 3.73. The minimum Gasteiger partial charge on any atom is -0.354 e. The smallest absolute Gasteiger partial charge is 0.165 e. The zero-order valence-corrected chi connectivity index (χ0v) is 15.6. The number of nitrogens with one attached hydrogen (secondary N) is 1. The molecule has 1 unspecified atom stereocenters. The number of hydrogen-bond acceptors (Lipinski definition) is 4. The summed E-state index contributed by atoms with van der Waals surface area (Å²) in [6.45, 7) is 6.01. The second-order valence-electron chi connectivity index (χ2n) is 7.30. The Hall–Kier alpha value is -3.14. The highest BCUT2D eigenvalue weighted by molar-refractivity contribution is 6.08. The van der Waals surface area contributed by atoms with Crippen molar-refractivity contribution in [3.8, 4) is 0 Å². The first kappa shape index (κ1) is 16.1. The van der Waals surface area contributed by atoms with E-state index in [4.69, 9.17) is 4.99 Å². The number of aliphatic imine (C=N–C) groups is 1. The largest absolute Gasteiger partial charge is 0.354 e. The number of benzene rings is 2. The van der Waals surface area contributed by atoms with Crippen LogP contribution in [0, 0.1) is 13.8 Å². The summed E-state index contributed by atoms with van der Waals surface area (Å²) in [5.41, 5.74) is 6.76. The first-order valence-corrected chi connectivity index (χ1v) is 9.38. The van der Waals surface area contributed by atoms with Crippen molar-refractivity contribution in [1.82, 2.24) is 9.88 Å². The van der Waals surface area contributed by atoms with Gasteiger partial charge in [0.15, 0.2) is 5.66 Å². The van der Waals surface area contributed by atoms with Crippen LogP contribution in [-0.2, 0) is 5.66 Å². The van der Waals surface area contributed by atoms with Gasteiger partial charge in [-0.05, 0) is 43.2 Å². The van der Waals surface area contributed by atoms with Crippen molar-refractivity contribution in [2.45, 2.75) is 19.5 Å². The zero-order chi connectivity index (χ0) is 18.4. The fourth-order valence-electron chi connectivity index (χ4n) is 4.51. The van der Waals surface area contributed by atoms with Gasteiger partial charge in [0.2, 0.25) is 0 Å². The lowest BCUT2D eigenvalue weighted by Gasteiger charge is -2.49. The molecule has 27 heavy (non-hydrogen) atoms. The highest BCUT2D eigenvalue weighted by atomic mass is 15.4. The Morgan fingerprint density at radius 1 is 0.963 bits per heavy atom. The van der Waals surface area contributed by atoms with Gasteiger partial charge in [-0.25, -0.2) is 0 Å². The number of aromatic nitrogens is 1. The third kappa shape index (κ3) is 2.29. The SMILES string of the molecule is Cc1cc(C)c2c(c1)NC(c1ccccc1)(c1ccncc1)N1CCN=C21. The molecule has 2 aliphatic heterocycles. The second kappa shape index (κ2) is 5.95. The Labute approximate surface area is 159 Å². The molecule has 3 aromatic rings. The molecular weight excluding hydrogens is 332 g/mol. The van der Waals surface area contributed by atoms with Gasteiger partial charge in [0.1, 0.15) is 5.84 Å². The van der Waals surface area contributed by atoms with Crippen LogP contribution in [0.25, 0.3) is 0 Å². The average Bonchev–Trinajstić information content (AvgIpc) is 3.18. The third-order valence-electron chi connectivity index (χ3n) is 5.55. The Balaban J connectivity index is 1.83. The zero-order valence-electron chi connectivity index (χ0n) is 15.6. The first-order valence-electron chi connectivity index (χ1n) is 9.38. The molecule has 0 amide bonds. The Morgan fingerprint density at radius 3 is 2.48 bits per heavy atom. The van der Waals surface area contributed by atoms with E-state index >= 15 is 0 Å². The number of amidine groups is 1. The second-order valence-corrected chi connectivity index (χ2v) is 7.30. The third-order valence-corrected chi connectivity index (χ3v) is 5.55. The van der Waals surface area contributed by atoms with Gasteiger partial charge in [-0.1, -0.05) is 36.4 Å². The molecule has 2 aliphatic rings. The summed E-state index contributed by atoms with van der Waals surface area (Å²) in [5, 5.41) is 3.91. The maximum atomic E-state index is 4.92. The van der Waals surface area contributed by atoms with Gasteiger partial charge in [0.25, 0.3) is 0 Å². The van der Waals surface area contributed by atoms with E-state index in [1.807, 2.05) is 12.4 Å². The van der Waals surface area contributed by atoms with E-state index in [1.54, 1.807) is 0 Å². The normalized spacial score (nSPS) is 20.5. The van der Waals surface area contributed by atoms with Crippen molar-refractivity contribution < 1.29 is 0 Å². The van der Waals surface area contributed by atoms with Gasteiger partial charge < -0.3 is 10.2 Å². The van der Waals surface area contributed by atoms with Gasteiger partial charge in [-0.15, -0.1) is 0 Å². The van der Waals surface area contributed by atoms with Gasteiger partial charge in [-0.3, -0.25) is 9.98 Å². The lowest BCUT2D eigenvalue weighted by atomic mass is 9.85.